The Kier molecular flexibility index (Phi) is 6.85. The van der Waals surface area contributed by atoms with E-state index < -0.39 is 0 Å². The number of aromatic nitrogens is 2. The molecule has 0 saturated carbocycles. The quantitative estimate of drug-likeness (QED) is 0.735. The summed E-state index contributed by atoms with van der Waals surface area (Å²) < 4.78 is 1.81. The van der Waals surface area contributed by atoms with Crippen molar-refractivity contribution in [3.63, 3.8) is 0 Å². The van der Waals surface area contributed by atoms with Crippen LogP contribution in [-0.2, 0) is 0 Å². The number of hydrogen-bond acceptors (Lipinski definition) is 4. The van der Waals surface area contributed by atoms with Gasteiger partial charge in [0.2, 0.25) is 0 Å². The van der Waals surface area contributed by atoms with Crippen LogP contribution in [0.15, 0.2) is 42.7 Å². The summed E-state index contributed by atoms with van der Waals surface area (Å²) >= 11 is 0. The fourth-order valence-electron chi connectivity index (χ4n) is 4.89. The van der Waals surface area contributed by atoms with Crippen molar-refractivity contribution in [1.82, 2.24) is 24.5 Å². The van der Waals surface area contributed by atoms with Gasteiger partial charge in [-0.1, -0.05) is 0 Å². The molecule has 1 amide bonds. The van der Waals surface area contributed by atoms with Gasteiger partial charge in [-0.15, -0.1) is 0 Å². The lowest BCUT2D eigenvalue weighted by molar-refractivity contribution is 0.0611. The second-order valence-electron chi connectivity index (χ2n) is 8.86. The van der Waals surface area contributed by atoms with Crippen LogP contribution in [0.25, 0.3) is 5.69 Å². The number of carbonyl (C=O) groups excluding carboxylic acids is 1. The molecular formula is C24H35N5O. The van der Waals surface area contributed by atoms with E-state index in [4.69, 9.17) is 0 Å². The zero-order valence-corrected chi connectivity index (χ0v) is 18.4. The van der Waals surface area contributed by atoms with E-state index in [0.717, 1.165) is 30.4 Å². The number of likely N-dealkylation sites (tertiary alicyclic amines) is 2. The minimum absolute atomic E-state index is 0.141. The summed E-state index contributed by atoms with van der Waals surface area (Å²) in [6.07, 6.45) is 8.68. The smallest absolute Gasteiger partial charge is 0.253 e. The molecule has 0 radical (unpaired) electrons. The van der Waals surface area contributed by atoms with Crippen LogP contribution in [0.2, 0.25) is 0 Å². The zero-order valence-electron chi connectivity index (χ0n) is 18.4. The Bertz CT molecular complexity index is 788. The molecule has 2 aromatic rings. The standard InChI is InChI=1S/C24H35N5O/c1-3-27(24(30)21-5-7-23(8-6-21)29-14-4-13-25-29)19-20-9-17-28(18-10-20)22-11-15-26(2)16-12-22/h4-8,13-14,20,22H,3,9-12,15-19H2,1-2H3. The van der Waals surface area contributed by atoms with E-state index in [1.165, 1.54) is 51.9 Å². The number of hydrogen-bond donors (Lipinski definition) is 0. The largest absolute Gasteiger partial charge is 0.339 e. The monoisotopic (exact) mass is 409 g/mol. The second-order valence-corrected chi connectivity index (χ2v) is 8.86. The highest BCUT2D eigenvalue weighted by Crippen LogP contribution is 2.24. The number of amides is 1. The molecule has 0 aliphatic carbocycles. The van der Waals surface area contributed by atoms with E-state index in [9.17, 15) is 4.79 Å². The molecule has 1 aromatic carbocycles. The van der Waals surface area contributed by atoms with Crippen LogP contribution in [0.4, 0.5) is 0 Å². The maximum Gasteiger partial charge on any atom is 0.253 e. The van der Waals surface area contributed by atoms with Crippen molar-refractivity contribution in [1.29, 1.82) is 0 Å². The normalized spacial score (nSPS) is 19.8. The molecule has 1 aromatic heterocycles. The third-order valence-electron chi connectivity index (χ3n) is 6.88. The summed E-state index contributed by atoms with van der Waals surface area (Å²) in [6.45, 7) is 8.53. The minimum atomic E-state index is 0.141. The van der Waals surface area contributed by atoms with Gasteiger partial charge < -0.3 is 14.7 Å². The van der Waals surface area contributed by atoms with Crippen LogP contribution in [0.1, 0.15) is 43.0 Å². The summed E-state index contributed by atoms with van der Waals surface area (Å²) in [5.74, 6) is 0.752. The SMILES string of the molecule is CCN(CC1CCN(C2CCN(C)CC2)CC1)C(=O)c1ccc(-n2cccn2)cc1. The van der Waals surface area contributed by atoms with E-state index in [-0.39, 0.29) is 5.91 Å². The molecule has 0 spiro atoms. The Morgan fingerprint density at radius 1 is 1.07 bits per heavy atom. The summed E-state index contributed by atoms with van der Waals surface area (Å²) in [4.78, 5) is 20.2. The first-order chi connectivity index (χ1) is 14.6. The van der Waals surface area contributed by atoms with Crippen molar-refractivity contribution in [2.75, 3.05) is 46.3 Å². The van der Waals surface area contributed by atoms with Crippen molar-refractivity contribution < 1.29 is 4.79 Å². The Hall–Kier alpha value is -2.18. The third kappa shape index (κ3) is 4.93. The van der Waals surface area contributed by atoms with Gasteiger partial charge in [0.15, 0.2) is 0 Å². The number of carbonyl (C=O) groups is 1. The lowest BCUT2D eigenvalue weighted by atomic mass is 9.93. The molecule has 30 heavy (non-hydrogen) atoms. The number of benzene rings is 1. The average molecular weight is 410 g/mol. The second kappa shape index (κ2) is 9.75. The molecule has 0 atom stereocenters. The maximum atomic E-state index is 13.1. The topological polar surface area (TPSA) is 44.6 Å². The first kappa shape index (κ1) is 21.1. The predicted molar refractivity (Wildman–Crippen MR) is 120 cm³/mol. The first-order valence-corrected chi connectivity index (χ1v) is 11.5. The van der Waals surface area contributed by atoms with Crippen LogP contribution in [0.5, 0.6) is 0 Å². The van der Waals surface area contributed by atoms with Gasteiger partial charge in [0.25, 0.3) is 5.91 Å². The van der Waals surface area contributed by atoms with Crippen LogP contribution in [0, 0.1) is 5.92 Å². The van der Waals surface area contributed by atoms with Gasteiger partial charge >= 0.3 is 0 Å². The van der Waals surface area contributed by atoms with Crippen LogP contribution < -0.4 is 0 Å². The van der Waals surface area contributed by atoms with Crippen molar-refractivity contribution in [3.8, 4) is 5.69 Å². The molecule has 2 aliphatic heterocycles. The molecule has 2 fully saturated rings. The highest BCUT2D eigenvalue weighted by Gasteiger charge is 2.28. The molecule has 162 valence electrons. The molecule has 6 heteroatoms. The molecule has 2 saturated heterocycles. The summed E-state index contributed by atoms with van der Waals surface area (Å²) in [5, 5.41) is 4.25. The molecule has 0 bridgehead atoms. The number of piperidine rings is 2. The van der Waals surface area contributed by atoms with Crippen molar-refractivity contribution in [3.05, 3.63) is 48.3 Å². The highest BCUT2D eigenvalue weighted by molar-refractivity contribution is 5.94. The van der Waals surface area contributed by atoms with Gasteiger partial charge in [0.1, 0.15) is 0 Å². The van der Waals surface area contributed by atoms with Crippen molar-refractivity contribution >= 4 is 5.91 Å². The predicted octanol–water partition coefficient (Wildman–Crippen LogP) is 3.14. The number of rotatable bonds is 6. The Morgan fingerprint density at radius 2 is 1.77 bits per heavy atom. The zero-order chi connectivity index (χ0) is 20.9. The minimum Gasteiger partial charge on any atom is -0.339 e. The molecule has 6 nitrogen and oxygen atoms in total. The van der Waals surface area contributed by atoms with Crippen molar-refractivity contribution in [2.45, 2.75) is 38.6 Å². The van der Waals surface area contributed by atoms with Crippen LogP contribution in [-0.4, -0.2) is 82.7 Å². The summed E-state index contributed by atoms with van der Waals surface area (Å²) in [6, 6.07) is 10.4. The van der Waals surface area contributed by atoms with Crippen molar-refractivity contribution in [2.24, 2.45) is 5.92 Å². The average Bonchev–Trinajstić information content (AvgIpc) is 3.33. The van der Waals surface area contributed by atoms with Gasteiger partial charge in [0.05, 0.1) is 5.69 Å². The Balaban J connectivity index is 1.29. The third-order valence-corrected chi connectivity index (χ3v) is 6.88. The van der Waals surface area contributed by atoms with E-state index in [1.807, 2.05) is 46.1 Å². The van der Waals surface area contributed by atoms with Gasteiger partial charge in [-0.25, -0.2) is 4.68 Å². The lowest BCUT2D eigenvalue weighted by Gasteiger charge is -2.41. The Labute approximate surface area is 180 Å². The number of nitrogens with zero attached hydrogens (tertiary/aromatic N) is 5. The van der Waals surface area contributed by atoms with Gasteiger partial charge in [-0.05, 0) is 102 Å². The molecule has 0 N–H and O–H groups in total. The van der Waals surface area contributed by atoms with Gasteiger partial charge in [-0.3, -0.25) is 4.79 Å². The van der Waals surface area contributed by atoms with E-state index in [1.54, 1.807) is 6.20 Å². The fourth-order valence-corrected chi connectivity index (χ4v) is 4.89. The van der Waals surface area contributed by atoms with E-state index in [2.05, 4.69) is 28.9 Å². The maximum absolute atomic E-state index is 13.1. The van der Waals surface area contributed by atoms with Crippen LogP contribution >= 0.6 is 0 Å². The molecule has 3 heterocycles. The molecule has 4 rings (SSSR count). The Morgan fingerprint density at radius 3 is 2.37 bits per heavy atom. The summed E-state index contributed by atoms with van der Waals surface area (Å²) in [7, 11) is 2.23. The molecule has 0 unspecified atom stereocenters. The molecule has 2 aliphatic rings. The first-order valence-electron chi connectivity index (χ1n) is 11.5. The van der Waals surface area contributed by atoms with Gasteiger partial charge in [0, 0.05) is 37.1 Å². The van der Waals surface area contributed by atoms with Crippen LogP contribution in [0.3, 0.4) is 0 Å². The lowest BCUT2D eigenvalue weighted by Crippen LogP contribution is -2.48. The van der Waals surface area contributed by atoms with E-state index >= 15 is 0 Å². The fraction of sp³-hybridized carbons (Fsp3) is 0.583. The summed E-state index contributed by atoms with van der Waals surface area (Å²) in [5.41, 5.74) is 1.73. The van der Waals surface area contributed by atoms with E-state index in [0.29, 0.717) is 5.92 Å². The highest BCUT2D eigenvalue weighted by atomic mass is 16.2. The van der Waals surface area contributed by atoms with Gasteiger partial charge in [-0.2, -0.15) is 5.10 Å². The molecular weight excluding hydrogens is 374 g/mol.